The Kier molecular flexibility index (Phi) is 12.4. The maximum atomic E-state index is 14.6. The Hall–Kier alpha value is -3.48. The fourth-order valence-electron chi connectivity index (χ4n) is 3.80. The minimum Gasteiger partial charge on any atom is -0.497 e. The number of benzene rings is 2. The van der Waals surface area contributed by atoms with E-state index in [4.69, 9.17) is 14.9 Å². The van der Waals surface area contributed by atoms with Gasteiger partial charge in [-0.2, -0.15) is 0 Å². The summed E-state index contributed by atoms with van der Waals surface area (Å²) >= 11 is 0. The summed E-state index contributed by atoms with van der Waals surface area (Å²) in [6.45, 7) is 1.73. The lowest BCUT2D eigenvalue weighted by molar-refractivity contribution is -0.0917. The molecule has 0 radical (unpaired) electrons. The smallest absolute Gasteiger partial charge is 0.337 e. The third-order valence-electron chi connectivity index (χ3n) is 6.05. The van der Waals surface area contributed by atoms with Crippen LogP contribution in [0.25, 0.3) is 11.1 Å². The van der Waals surface area contributed by atoms with Crippen molar-refractivity contribution in [2.45, 2.75) is 31.7 Å². The first-order valence-electron chi connectivity index (χ1n) is 12.1. The van der Waals surface area contributed by atoms with E-state index in [1.807, 2.05) is 0 Å². The topological polar surface area (TPSA) is 152 Å². The van der Waals surface area contributed by atoms with Crippen LogP contribution in [-0.2, 0) is 6.42 Å². The molecule has 0 saturated carbocycles. The van der Waals surface area contributed by atoms with Gasteiger partial charge in [0, 0.05) is 18.2 Å². The molecule has 0 bridgehead atoms. The average Bonchev–Trinajstić information content (AvgIpc) is 2.94. The van der Waals surface area contributed by atoms with Crippen LogP contribution in [0.5, 0.6) is 5.75 Å². The lowest BCUT2D eigenvalue weighted by Gasteiger charge is -2.26. The minimum atomic E-state index is -1.30. The fourth-order valence-corrected chi connectivity index (χ4v) is 3.80. The highest BCUT2D eigenvalue weighted by molar-refractivity contribution is 5.88. The van der Waals surface area contributed by atoms with Gasteiger partial charge in [-0.05, 0) is 67.0 Å². The molecule has 0 aliphatic carbocycles. The number of hydrogen-bond acceptors (Lipinski definition) is 8. The molecule has 0 fully saturated rings. The second-order valence-corrected chi connectivity index (χ2v) is 8.90. The van der Waals surface area contributed by atoms with Gasteiger partial charge in [-0.1, -0.05) is 19.1 Å². The number of carboxylic acid groups (broad SMARTS) is 1. The molecule has 1 aromatic heterocycles. The molecule has 4 atom stereocenters. The molecule has 11 heteroatoms. The number of pyridine rings is 1. The number of aromatic carboxylic acids is 1. The molecule has 0 aliphatic heterocycles. The summed E-state index contributed by atoms with van der Waals surface area (Å²) in [5, 5.41) is 48.3. The highest BCUT2D eigenvalue weighted by Crippen LogP contribution is 2.28. The summed E-state index contributed by atoms with van der Waals surface area (Å²) in [6, 6.07) is 12.1. The van der Waals surface area contributed by atoms with Crippen LogP contribution in [-0.4, -0.2) is 82.1 Å². The van der Waals surface area contributed by atoms with Crippen LogP contribution in [0, 0.1) is 17.6 Å². The van der Waals surface area contributed by atoms with Crippen LogP contribution in [0.2, 0.25) is 0 Å². The first-order chi connectivity index (χ1) is 18.5. The zero-order valence-electron chi connectivity index (χ0n) is 21.9. The highest BCUT2D eigenvalue weighted by atomic mass is 19.1. The van der Waals surface area contributed by atoms with Gasteiger partial charge in [0.25, 0.3) is 0 Å². The van der Waals surface area contributed by atoms with Gasteiger partial charge in [-0.15, -0.1) is 0 Å². The monoisotopic (exact) mass is 548 g/mol. The van der Waals surface area contributed by atoms with Crippen LogP contribution in [0.15, 0.2) is 54.7 Å². The number of ether oxygens (including phenoxy) is 1. The molecule has 0 saturated heterocycles. The number of nitrogens with zero attached hydrogens (tertiary/aromatic N) is 1. The Bertz CT molecular complexity index is 1210. The van der Waals surface area contributed by atoms with Crippen molar-refractivity contribution in [3.05, 3.63) is 83.2 Å². The van der Waals surface area contributed by atoms with E-state index in [0.717, 1.165) is 0 Å². The maximum absolute atomic E-state index is 14.6. The number of aliphatic hydroxyl groups excluding tert-OH is 4. The van der Waals surface area contributed by atoms with Gasteiger partial charge in [0.15, 0.2) is 0 Å². The average molecular weight is 549 g/mol. The molecule has 9 nitrogen and oxygen atoms in total. The number of rotatable bonds is 11. The number of aliphatic hydroxyl groups is 4. The first kappa shape index (κ1) is 31.7. The largest absolute Gasteiger partial charge is 0.497 e. The second kappa shape index (κ2) is 15.2. The van der Waals surface area contributed by atoms with E-state index < -0.39 is 42.5 Å². The molecule has 0 unspecified atom stereocenters. The van der Waals surface area contributed by atoms with Gasteiger partial charge in [0.2, 0.25) is 0 Å². The van der Waals surface area contributed by atoms with Crippen LogP contribution < -0.4 is 10.1 Å². The SMILES string of the molecule is CNC[C@H](C)[C@@H](O)[C@H](O)[C@H](O)CO.COc1cccc(-c2cc(F)c(Cc3ncccc3C(=O)O)c(F)c2)c1. The lowest BCUT2D eigenvalue weighted by Crippen LogP contribution is -2.44. The van der Waals surface area contributed by atoms with Crippen molar-refractivity contribution in [2.24, 2.45) is 5.92 Å². The molecule has 212 valence electrons. The minimum absolute atomic E-state index is 0.0804. The number of nitrogens with one attached hydrogen (secondary N) is 1. The van der Waals surface area contributed by atoms with Gasteiger partial charge < -0.3 is 35.6 Å². The van der Waals surface area contributed by atoms with Crippen molar-refractivity contribution in [3.8, 4) is 16.9 Å². The van der Waals surface area contributed by atoms with Crippen molar-refractivity contribution in [2.75, 3.05) is 27.3 Å². The molecule has 0 amide bonds. The first-order valence-corrected chi connectivity index (χ1v) is 12.1. The van der Waals surface area contributed by atoms with Gasteiger partial charge in [0.1, 0.15) is 29.6 Å². The summed E-state index contributed by atoms with van der Waals surface area (Å²) < 4.78 is 34.2. The number of carbonyl (C=O) groups is 1. The third-order valence-corrected chi connectivity index (χ3v) is 6.05. The normalized spacial score (nSPS) is 14.0. The molecular formula is C28H34F2N2O7. The summed E-state index contributed by atoms with van der Waals surface area (Å²) in [7, 11) is 3.24. The summed E-state index contributed by atoms with van der Waals surface area (Å²) in [5.74, 6) is -2.32. The molecule has 2 aromatic carbocycles. The summed E-state index contributed by atoms with van der Waals surface area (Å²) in [5.41, 5.74) is 0.771. The predicted molar refractivity (Wildman–Crippen MR) is 141 cm³/mol. The quantitative estimate of drug-likeness (QED) is 0.212. The molecular weight excluding hydrogens is 514 g/mol. The van der Waals surface area contributed by atoms with Crippen LogP contribution in [0.1, 0.15) is 28.5 Å². The molecule has 3 rings (SSSR count). The molecule has 1 heterocycles. The fraction of sp³-hybridized carbons (Fsp3) is 0.357. The number of halogens is 2. The zero-order chi connectivity index (χ0) is 29.1. The molecule has 0 aliphatic rings. The zero-order valence-corrected chi connectivity index (χ0v) is 21.9. The van der Waals surface area contributed by atoms with Gasteiger partial charge >= 0.3 is 5.97 Å². The third kappa shape index (κ3) is 8.77. The Labute approximate surface area is 225 Å². The molecule has 3 aromatic rings. The van der Waals surface area contributed by atoms with Crippen molar-refractivity contribution < 1.29 is 43.8 Å². The number of hydrogen-bond donors (Lipinski definition) is 6. The summed E-state index contributed by atoms with van der Waals surface area (Å²) in [6.07, 6.45) is -2.47. The maximum Gasteiger partial charge on any atom is 0.337 e. The number of aromatic nitrogens is 1. The van der Waals surface area contributed by atoms with E-state index in [1.165, 1.54) is 37.6 Å². The van der Waals surface area contributed by atoms with E-state index in [0.29, 0.717) is 23.4 Å². The Balaban J connectivity index is 0.000000349. The van der Waals surface area contributed by atoms with Gasteiger partial charge in [0.05, 0.1) is 31.1 Å². The van der Waals surface area contributed by atoms with E-state index in [1.54, 1.807) is 38.2 Å². The van der Waals surface area contributed by atoms with Crippen molar-refractivity contribution in [1.82, 2.24) is 10.3 Å². The van der Waals surface area contributed by atoms with Crippen molar-refractivity contribution in [1.29, 1.82) is 0 Å². The highest BCUT2D eigenvalue weighted by Gasteiger charge is 2.28. The summed E-state index contributed by atoms with van der Waals surface area (Å²) in [4.78, 5) is 15.2. The lowest BCUT2D eigenvalue weighted by atomic mass is 9.96. The van der Waals surface area contributed by atoms with E-state index >= 15 is 0 Å². The molecule has 6 N–H and O–H groups in total. The van der Waals surface area contributed by atoms with E-state index in [-0.39, 0.29) is 29.2 Å². The Morgan fingerprint density at radius 2 is 1.69 bits per heavy atom. The second-order valence-electron chi connectivity index (χ2n) is 8.90. The molecule has 0 spiro atoms. The van der Waals surface area contributed by atoms with Crippen LogP contribution >= 0.6 is 0 Å². The Morgan fingerprint density at radius 1 is 1.03 bits per heavy atom. The van der Waals surface area contributed by atoms with Gasteiger partial charge in [-0.3, -0.25) is 4.98 Å². The van der Waals surface area contributed by atoms with E-state index in [2.05, 4.69) is 10.3 Å². The van der Waals surface area contributed by atoms with Crippen LogP contribution in [0.4, 0.5) is 8.78 Å². The van der Waals surface area contributed by atoms with E-state index in [9.17, 15) is 28.9 Å². The van der Waals surface area contributed by atoms with Gasteiger partial charge in [-0.25, -0.2) is 13.6 Å². The van der Waals surface area contributed by atoms with Crippen LogP contribution in [0.3, 0.4) is 0 Å². The predicted octanol–water partition coefficient (Wildman–Crippen LogP) is 2.24. The Morgan fingerprint density at radius 3 is 2.26 bits per heavy atom. The standard InChI is InChI=1S/C20H15F2NO3.C8H19NO4/c1-26-14-5-2-4-12(8-14)13-9-17(21)16(18(22)10-13)11-19-15(20(24)25)6-3-7-23-19;1-5(3-9-2)7(12)8(13)6(11)4-10/h2-10H,11H2,1H3,(H,24,25);5-13H,3-4H2,1-2H3/t;5-,6+,7+,8+/m.0/s1. The van der Waals surface area contributed by atoms with Crippen molar-refractivity contribution in [3.63, 3.8) is 0 Å². The number of methoxy groups -OCH3 is 1. The number of carboxylic acids is 1. The van der Waals surface area contributed by atoms with Crippen molar-refractivity contribution >= 4 is 5.97 Å². The molecule has 39 heavy (non-hydrogen) atoms.